The molecule has 0 radical (unpaired) electrons. The Morgan fingerprint density at radius 2 is 1.92 bits per heavy atom. The van der Waals surface area contributed by atoms with Crippen molar-refractivity contribution in [2.45, 2.75) is 45.3 Å². The lowest BCUT2D eigenvalue weighted by molar-refractivity contribution is 0.0185. The Balaban J connectivity index is 1.60. The maximum Gasteiger partial charge on any atom is 0.410 e. The third-order valence-electron chi connectivity index (χ3n) is 4.21. The van der Waals surface area contributed by atoms with Gasteiger partial charge in [0.1, 0.15) is 11.4 Å². The van der Waals surface area contributed by atoms with Crippen LogP contribution in [0.3, 0.4) is 0 Å². The van der Waals surface area contributed by atoms with Gasteiger partial charge in [-0.25, -0.2) is 9.78 Å². The van der Waals surface area contributed by atoms with Gasteiger partial charge >= 0.3 is 6.09 Å². The molecule has 7 nitrogen and oxygen atoms in total. The van der Waals surface area contributed by atoms with Crippen LogP contribution < -0.4 is 5.73 Å². The van der Waals surface area contributed by atoms with E-state index in [1.165, 1.54) is 0 Å². The first-order chi connectivity index (χ1) is 11.8. The van der Waals surface area contributed by atoms with E-state index in [9.17, 15) is 4.79 Å². The highest BCUT2D eigenvalue weighted by Crippen LogP contribution is 2.26. The summed E-state index contributed by atoms with van der Waals surface area (Å²) in [7, 11) is 0. The lowest BCUT2D eigenvalue weighted by atomic mass is 10.1. The molecule has 0 aliphatic carbocycles. The van der Waals surface area contributed by atoms with Crippen molar-refractivity contribution in [1.82, 2.24) is 19.7 Å². The molecular formula is C18H25N5O2. The summed E-state index contributed by atoms with van der Waals surface area (Å²) in [5, 5.41) is 4.49. The summed E-state index contributed by atoms with van der Waals surface area (Å²) in [6, 6.07) is 4.01. The van der Waals surface area contributed by atoms with Crippen LogP contribution in [0.4, 0.5) is 10.6 Å². The number of piperidine rings is 1. The summed E-state index contributed by atoms with van der Waals surface area (Å²) < 4.78 is 7.42. The van der Waals surface area contributed by atoms with Crippen molar-refractivity contribution < 1.29 is 9.53 Å². The molecule has 0 unspecified atom stereocenters. The summed E-state index contributed by atoms with van der Waals surface area (Å²) >= 11 is 0. The normalized spacial score (nSPS) is 16.0. The SMILES string of the molecule is CC(C)(C)OC(=O)N1CCC(n2cc(-c3ccc(N)nc3)cn2)CC1. The molecule has 0 saturated carbocycles. The van der Waals surface area contributed by atoms with E-state index in [1.54, 1.807) is 17.2 Å². The minimum atomic E-state index is -0.460. The zero-order valence-electron chi connectivity index (χ0n) is 15.0. The van der Waals surface area contributed by atoms with Crippen LogP contribution in [-0.2, 0) is 4.74 Å². The quantitative estimate of drug-likeness (QED) is 0.905. The standard InChI is InChI=1S/C18H25N5O2/c1-18(2,3)25-17(24)22-8-6-15(7-9-22)23-12-14(11-21-23)13-4-5-16(19)20-10-13/h4-5,10-12,15H,6-9H2,1-3H3,(H2,19,20). The van der Waals surface area contributed by atoms with E-state index < -0.39 is 5.60 Å². The maximum absolute atomic E-state index is 12.1. The highest BCUT2D eigenvalue weighted by Gasteiger charge is 2.27. The van der Waals surface area contributed by atoms with E-state index in [0.717, 1.165) is 24.0 Å². The Kier molecular flexibility index (Phi) is 4.65. The monoisotopic (exact) mass is 343 g/mol. The van der Waals surface area contributed by atoms with Crippen molar-refractivity contribution in [2.75, 3.05) is 18.8 Å². The summed E-state index contributed by atoms with van der Waals surface area (Å²) in [6.45, 7) is 7.01. The summed E-state index contributed by atoms with van der Waals surface area (Å²) in [6.07, 6.45) is 7.11. The molecule has 0 aromatic carbocycles. The Labute approximate surface area is 147 Å². The van der Waals surface area contributed by atoms with Gasteiger partial charge in [0.05, 0.1) is 12.2 Å². The van der Waals surface area contributed by atoms with E-state index in [4.69, 9.17) is 10.5 Å². The van der Waals surface area contributed by atoms with Gasteiger partial charge in [0.2, 0.25) is 0 Å². The molecule has 134 valence electrons. The van der Waals surface area contributed by atoms with Gasteiger partial charge in [0.25, 0.3) is 0 Å². The van der Waals surface area contributed by atoms with Crippen LogP contribution in [0.5, 0.6) is 0 Å². The molecule has 0 spiro atoms. The number of ether oxygens (including phenoxy) is 1. The topological polar surface area (TPSA) is 86.3 Å². The highest BCUT2D eigenvalue weighted by molar-refractivity contribution is 5.68. The summed E-state index contributed by atoms with van der Waals surface area (Å²) in [5.74, 6) is 0.505. The van der Waals surface area contributed by atoms with Gasteiger partial charge in [-0.15, -0.1) is 0 Å². The lowest BCUT2D eigenvalue weighted by Gasteiger charge is -2.33. The molecule has 1 aliphatic rings. The second-order valence-electron chi connectivity index (χ2n) is 7.38. The first kappa shape index (κ1) is 17.3. The van der Waals surface area contributed by atoms with Crippen LogP contribution in [-0.4, -0.2) is 44.4 Å². The molecule has 0 bridgehead atoms. The van der Waals surface area contributed by atoms with Crippen molar-refractivity contribution in [3.05, 3.63) is 30.7 Å². The number of likely N-dealkylation sites (tertiary alicyclic amines) is 1. The number of aromatic nitrogens is 3. The number of amides is 1. The molecule has 1 fully saturated rings. The smallest absolute Gasteiger partial charge is 0.410 e. The molecule has 0 atom stereocenters. The number of carbonyl (C=O) groups excluding carboxylic acids is 1. The van der Waals surface area contributed by atoms with Crippen molar-refractivity contribution in [3.8, 4) is 11.1 Å². The minimum Gasteiger partial charge on any atom is -0.444 e. The Bertz CT molecular complexity index is 725. The van der Waals surface area contributed by atoms with E-state index in [1.807, 2.05) is 43.9 Å². The number of pyridine rings is 1. The zero-order chi connectivity index (χ0) is 18.0. The Morgan fingerprint density at radius 1 is 1.20 bits per heavy atom. The highest BCUT2D eigenvalue weighted by atomic mass is 16.6. The molecular weight excluding hydrogens is 318 g/mol. The minimum absolute atomic E-state index is 0.236. The molecule has 2 aromatic rings. The molecule has 2 N–H and O–H groups in total. The first-order valence-corrected chi connectivity index (χ1v) is 8.56. The van der Waals surface area contributed by atoms with Gasteiger partial charge in [0, 0.05) is 36.6 Å². The summed E-state index contributed by atoms with van der Waals surface area (Å²) in [4.78, 5) is 18.0. The van der Waals surface area contributed by atoms with Crippen molar-refractivity contribution >= 4 is 11.9 Å². The first-order valence-electron chi connectivity index (χ1n) is 8.56. The second-order valence-corrected chi connectivity index (χ2v) is 7.38. The largest absolute Gasteiger partial charge is 0.444 e. The van der Waals surface area contributed by atoms with Crippen molar-refractivity contribution in [2.24, 2.45) is 0 Å². The van der Waals surface area contributed by atoms with E-state index in [-0.39, 0.29) is 12.1 Å². The molecule has 1 saturated heterocycles. The molecule has 3 rings (SSSR count). The number of carbonyl (C=O) groups is 1. The van der Waals surface area contributed by atoms with E-state index >= 15 is 0 Å². The third kappa shape index (κ3) is 4.29. The van der Waals surface area contributed by atoms with Crippen molar-refractivity contribution in [3.63, 3.8) is 0 Å². The van der Waals surface area contributed by atoms with Crippen LogP contribution in [0.25, 0.3) is 11.1 Å². The van der Waals surface area contributed by atoms with Crippen LogP contribution in [0.2, 0.25) is 0 Å². The molecule has 7 heteroatoms. The van der Waals surface area contributed by atoms with Gasteiger partial charge in [-0.05, 0) is 45.7 Å². The zero-order valence-corrected chi connectivity index (χ0v) is 15.0. The van der Waals surface area contributed by atoms with Gasteiger partial charge in [-0.1, -0.05) is 0 Å². The maximum atomic E-state index is 12.1. The van der Waals surface area contributed by atoms with Gasteiger partial charge in [-0.3, -0.25) is 4.68 Å². The Hall–Kier alpha value is -2.57. The lowest BCUT2D eigenvalue weighted by Crippen LogP contribution is -2.42. The molecule has 3 heterocycles. The average Bonchev–Trinajstić information content (AvgIpc) is 3.04. The van der Waals surface area contributed by atoms with Crippen LogP contribution >= 0.6 is 0 Å². The molecule has 1 amide bonds. The van der Waals surface area contributed by atoms with Gasteiger partial charge in [-0.2, -0.15) is 5.10 Å². The number of nitrogens with two attached hydrogens (primary N) is 1. The number of hydrogen-bond donors (Lipinski definition) is 1. The fourth-order valence-corrected chi connectivity index (χ4v) is 2.90. The number of nitrogens with zero attached hydrogens (tertiary/aromatic N) is 4. The fraction of sp³-hybridized carbons (Fsp3) is 0.500. The van der Waals surface area contributed by atoms with Gasteiger partial charge in [0.15, 0.2) is 0 Å². The van der Waals surface area contributed by atoms with Gasteiger partial charge < -0.3 is 15.4 Å². The van der Waals surface area contributed by atoms with Crippen LogP contribution in [0, 0.1) is 0 Å². The number of anilines is 1. The third-order valence-corrected chi connectivity index (χ3v) is 4.21. The molecule has 1 aliphatic heterocycles. The predicted molar refractivity (Wildman–Crippen MR) is 95.9 cm³/mol. The Morgan fingerprint density at radius 3 is 2.52 bits per heavy atom. The van der Waals surface area contributed by atoms with Crippen LogP contribution in [0.15, 0.2) is 30.7 Å². The fourth-order valence-electron chi connectivity index (χ4n) is 2.90. The number of hydrogen-bond acceptors (Lipinski definition) is 5. The van der Waals surface area contributed by atoms with E-state index in [2.05, 4.69) is 10.1 Å². The molecule has 25 heavy (non-hydrogen) atoms. The van der Waals surface area contributed by atoms with Crippen LogP contribution in [0.1, 0.15) is 39.7 Å². The van der Waals surface area contributed by atoms with Crippen molar-refractivity contribution in [1.29, 1.82) is 0 Å². The van der Waals surface area contributed by atoms with E-state index in [0.29, 0.717) is 18.9 Å². The summed E-state index contributed by atoms with van der Waals surface area (Å²) in [5.41, 5.74) is 7.18. The number of rotatable bonds is 2. The molecule has 2 aromatic heterocycles. The average molecular weight is 343 g/mol. The predicted octanol–water partition coefficient (Wildman–Crippen LogP) is 3.10. The number of nitrogen functional groups attached to an aromatic ring is 1. The second kappa shape index (κ2) is 6.74.